The van der Waals surface area contributed by atoms with Crippen molar-refractivity contribution >= 4 is 11.8 Å². The van der Waals surface area contributed by atoms with Crippen molar-refractivity contribution in [1.82, 2.24) is 19.9 Å². The number of anilines is 2. The van der Waals surface area contributed by atoms with Gasteiger partial charge in [0.05, 0.1) is 20.3 Å². The Kier molecular flexibility index (Phi) is 5.16. The summed E-state index contributed by atoms with van der Waals surface area (Å²) in [5, 5.41) is 0. The molecule has 1 aliphatic rings. The second kappa shape index (κ2) is 7.50. The minimum absolute atomic E-state index is 0.429. The van der Waals surface area contributed by atoms with E-state index in [2.05, 4.69) is 36.8 Å². The Bertz CT molecular complexity index is 696. The van der Waals surface area contributed by atoms with Crippen LogP contribution < -0.4 is 19.3 Å². The summed E-state index contributed by atoms with van der Waals surface area (Å²) in [6.07, 6.45) is 3.62. The second-order valence-electron chi connectivity index (χ2n) is 6.10. The van der Waals surface area contributed by atoms with E-state index < -0.39 is 0 Å². The number of nitrogens with zero attached hydrogens (tertiary/aromatic N) is 6. The van der Waals surface area contributed by atoms with Crippen LogP contribution in [-0.4, -0.2) is 60.3 Å². The van der Waals surface area contributed by atoms with E-state index in [0.29, 0.717) is 23.8 Å². The maximum absolute atomic E-state index is 5.24. The van der Waals surface area contributed by atoms with Gasteiger partial charge in [0.1, 0.15) is 12.1 Å². The van der Waals surface area contributed by atoms with E-state index in [-0.39, 0.29) is 0 Å². The third-order valence-electron chi connectivity index (χ3n) is 4.53. The SMILES string of the molecule is COc1cc(OC)nc(N2CCC(N(C)c3cc(C)ncn3)CC2)n1. The molecule has 0 bridgehead atoms. The number of ether oxygens (including phenoxy) is 2. The van der Waals surface area contributed by atoms with Crippen LogP contribution in [0.5, 0.6) is 11.8 Å². The van der Waals surface area contributed by atoms with Gasteiger partial charge < -0.3 is 19.3 Å². The molecule has 0 aliphatic carbocycles. The van der Waals surface area contributed by atoms with Gasteiger partial charge in [-0.2, -0.15) is 9.97 Å². The fourth-order valence-corrected chi connectivity index (χ4v) is 3.02. The molecule has 8 nitrogen and oxygen atoms in total. The number of aromatic nitrogens is 4. The van der Waals surface area contributed by atoms with E-state index in [1.54, 1.807) is 26.6 Å². The Balaban J connectivity index is 1.67. The van der Waals surface area contributed by atoms with E-state index in [0.717, 1.165) is 37.4 Å². The molecular weight excluding hydrogens is 320 g/mol. The first-order valence-electron chi connectivity index (χ1n) is 8.34. The Morgan fingerprint density at radius 3 is 2.24 bits per heavy atom. The Morgan fingerprint density at radius 2 is 1.68 bits per heavy atom. The van der Waals surface area contributed by atoms with Gasteiger partial charge in [-0.15, -0.1) is 0 Å². The lowest BCUT2D eigenvalue weighted by molar-refractivity contribution is 0.370. The number of piperidine rings is 1. The number of methoxy groups -OCH3 is 2. The first-order valence-corrected chi connectivity index (χ1v) is 8.34. The first-order chi connectivity index (χ1) is 12.1. The maximum atomic E-state index is 5.24. The normalized spacial score (nSPS) is 15.1. The van der Waals surface area contributed by atoms with Gasteiger partial charge in [0, 0.05) is 37.9 Å². The summed E-state index contributed by atoms with van der Waals surface area (Å²) >= 11 is 0. The molecule has 2 aromatic heterocycles. The Hall–Kier alpha value is -2.64. The van der Waals surface area contributed by atoms with Crippen LogP contribution in [0, 0.1) is 6.92 Å². The van der Waals surface area contributed by atoms with E-state index in [1.807, 2.05) is 13.0 Å². The van der Waals surface area contributed by atoms with Gasteiger partial charge in [-0.1, -0.05) is 0 Å². The van der Waals surface area contributed by atoms with Crippen molar-refractivity contribution in [2.45, 2.75) is 25.8 Å². The lowest BCUT2D eigenvalue weighted by Gasteiger charge is -2.37. The van der Waals surface area contributed by atoms with Gasteiger partial charge in [0.15, 0.2) is 0 Å². The fraction of sp³-hybridized carbons (Fsp3) is 0.529. The molecule has 134 valence electrons. The lowest BCUT2D eigenvalue weighted by atomic mass is 10.0. The summed E-state index contributed by atoms with van der Waals surface area (Å²) in [6.45, 7) is 3.72. The molecule has 0 radical (unpaired) electrons. The van der Waals surface area contributed by atoms with Gasteiger partial charge in [0.2, 0.25) is 17.7 Å². The summed E-state index contributed by atoms with van der Waals surface area (Å²) in [5.74, 6) is 2.63. The highest BCUT2D eigenvalue weighted by atomic mass is 16.5. The van der Waals surface area contributed by atoms with E-state index in [1.165, 1.54) is 0 Å². The number of hydrogen-bond acceptors (Lipinski definition) is 8. The standard InChI is InChI=1S/C17H24N6O2/c1-12-9-14(19-11-18-12)22(2)13-5-7-23(8-6-13)17-20-15(24-3)10-16(21-17)25-4/h9-11,13H,5-8H2,1-4H3. The first kappa shape index (κ1) is 17.2. The molecule has 0 atom stereocenters. The highest BCUT2D eigenvalue weighted by molar-refractivity contribution is 5.41. The van der Waals surface area contributed by atoms with E-state index in [4.69, 9.17) is 9.47 Å². The van der Waals surface area contributed by atoms with Crippen molar-refractivity contribution in [3.05, 3.63) is 24.2 Å². The van der Waals surface area contributed by atoms with Crippen LogP contribution in [0.15, 0.2) is 18.5 Å². The lowest BCUT2D eigenvalue weighted by Crippen LogP contribution is -2.44. The van der Waals surface area contributed by atoms with Crippen LogP contribution in [0.25, 0.3) is 0 Å². The molecule has 8 heteroatoms. The molecule has 1 saturated heterocycles. The zero-order valence-corrected chi connectivity index (χ0v) is 15.1. The minimum Gasteiger partial charge on any atom is -0.481 e. The quantitative estimate of drug-likeness (QED) is 0.811. The summed E-state index contributed by atoms with van der Waals surface area (Å²) in [5.41, 5.74) is 0.978. The molecule has 25 heavy (non-hydrogen) atoms. The molecule has 0 N–H and O–H groups in total. The molecular formula is C17H24N6O2. The van der Waals surface area contributed by atoms with Gasteiger partial charge in [-0.25, -0.2) is 9.97 Å². The molecule has 2 aromatic rings. The van der Waals surface area contributed by atoms with Crippen molar-refractivity contribution in [2.24, 2.45) is 0 Å². The number of hydrogen-bond donors (Lipinski definition) is 0. The van der Waals surface area contributed by atoms with Crippen molar-refractivity contribution in [3.8, 4) is 11.8 Å². The summed E-state index contributed by atoms with van der Waals surface area (Å²) in [7, 11) is 5.28. The van der Waals surface area contributed by atoms with E-state index >= 15 is 0 Å². The summed E-state index contributed by atoms with van der Waals surface area (Å²) in [6, 6.07) is 4.13. The zero-order valence-electron chi connectivity index (χ0n) is 15.1. The molecule has 3 rings (SSSR count). The molecule has 1 aliphatic heterocycles. The average Bonchev–Trinajstić information content (AvgIpc) is 2.67. The highest BCUT2D eigenvalue weighted by Gasteiger charge is 2.25. The van der Waals surface area contributed by atoms with Crippen molar-refractivity contribution in [3.63, 3.8) is 0 Å². The summed E-state index contributed by atoms with van der Waals surface area (Å²) < 4.78 is 10.5. The Morgan fingerprint density at radius 1 is 1.04 bits per heavy atom. The van der Waals surface area contributed by atoms with Crippen molar-refractivity contribution in [1.29, 1.82) is 0 Å². The smallest absolute Gasteiger partial charge is 0.231 e. The molecule has 3 heterocycles. The third kappa shape index (κ3) is 3.89. The monoisotopic (exact) mass is 344 g/mol. The number of rotatable bonds is 5. The second-order valence-corrected chi connectivity index (χ2v) is 6.10. The van der Waals surface area contributed by atoms with Crippen LogP contribution in [0.4, 0.5) is 11.8 Å². The van der Waals surface area contributed by atoms with Gasteiger partial charge >= 0.3 is 0 Å². The van der Waals surface area contributed by atoms with Crippen LogP contribution in [0.1, 0.15) is 18.5 Å². The molecule has 0 amide bonds. The molecule has 0 aromatic carbocycles. The van der Waals surface area contributed by atoms with Crippen LogP contribution >= 0.6 is 0 Å². The van der Waals surface area contributed by atoms with Crippen LogP contribution in [0.2, 0.25) is 0 Å². The molecule has 0 unspecified atom stereocenters. The van der Waals surface area contributed by atoms with Crippen LogP contribution in [0.3, 0.4) is 0 Å². The predicted octanol–water partition coefficient (Wildman–Crippen LogP) is 1.70. The van der Waals surface area contributed by atoms with Gasteiger partial charge in [-0.05, 0) is 19.8 Å². The Labute approximate surface area is 147 Å². The molecule has 0 spiro atoms. The topological polar surface area (TPSA) is 76.5 Å². The zero-order chi connectivity index (χ0) is 17.8. The average molecular weight is 344 g/mol. The number of aryl methyl sites for hydroxylation is 1. The minimum atomic E-state index is 0.429. The van der Waals surface area contributed by atoms with Crippen LogP contribution in [-0.2, 0) is 0 Å². The van der Waals surface area contributed by atoms with Gasteiger partial charge in [-0.3, -0.25) is 0 Å². The third-order valence-corrected chi connectivity index (χ3v) is 4.53. The summed E-state index contributed by atoms with van der Waals surface area (Å²) in [4.78, 5) is 21.8. The molecule has 1 fully saturated rings. The van der Waals surface area contributed by atoms with Gasteiger partial charge in [0.25, 0.3) is 0 Å². The maximum Gasteiger partial charge on any atom is 0.231 e. The van der Waals surface area contributed by atoms with E-state index in [9.17, 15) is 0 Å². The largest absolute Gasteiger partial charge is 0.481 e. The van der Waals surface area contributed by atoms with Crippen molar-refractivity contribution < 1.29 is 9.47 Å². The van der Waals surface area contributed by atoms with Crippen molar-refractivity contribution in [2.75, 3.05) is 44.2 Å². The highest BCUT2D eigenvalue weighted by Crippen LogP contribution is 2.25. The fourth-order valence-electron chi connectivity index (χ4n) is 3.02. The molecule has 0 saturated carbocycles. The predicted molar refractivity (Wildman–Crippen MR) is 95.5 cm³/mol.